The van der Waals surface area contributed by atoms with Crippen molar-refractivity contribution in [3.63, 3.8) is 0 Å². The van der Waals surface area contributed by atoms with Crippen LogP contribution < -0.4 is 5.73 Å². The van der Waals surface area contributed by atoms with E-state index < -0.39 is 0 Å². The highest BCUT2D eigenvalue weighted by molar-refractivity contribution is 9.10. The van der Waals surface area contributed by atoms with Crippen LogP contribution in [0.3, 0.4) is 0 Å². The molecule has 90 valence electrons. The van der Waals surface area contributed by atoms with Gasteiger partial charge in [-0.1, -0.05) is 28.1 Å². The lowest BCUT2D eigenvalue weighted by Crippen LogP contribution is -2.10. The van der Waals surface area contributed by atoms with Crippen molar-refractivity contribution in [3.05, 3.63) is 40.1 Å². The molecule has 1 aromatic heterocycles. The molecule has 1 heterocycles. The van der Waals surface area contributed by atoms with Crippen molar-refractivity contribution in [3.8, 4) is 11.1 Å². The molecule has 0 aliphatic carbocycles. The highest BCUT2D eigenvalue weighted by Crippen LogP contribution is 2.27. The fourth-order valence-electron chi connectivity index (χ4n) is 1.81. The first-order chi connectivity index (χ1) is 8.11. The number of nitrogens with two attached hydrogens (primary N) is 1. The second kappa shape index (κ2) is 5.02. The van der Waals surface area contributed by atoms with Crippen LogP contribution in [-0.4, -0.2) is 16.3 Å². The summed E-state index contributed by atoms with van der Waals surface area (Å²) in [6.07, 6.45) is 2.05. The molecule has 3 nitrogen and oxygen atoms in total. The maximum Gasteiger partial charge on any atom is 0.0672 e. The molecule has 0 amide bonds. The molecule has 4 heteroatoms. The predicted molar refractivity (Wildman–Crippen MR) is 73.9 cm³/mol. The quantitative estimate of drug-likeness (QED) is 0.946. The van der Waals surface area contributed by atoms with Crippen LogP contribution in [-0.2, 0) is 6.54 Å². The van der Waals surface area contributed by atoms with Crippen LogP contribution in [0.2, 0.25) is 0 Å². The van der Waals surface area contributed by atoms with Crippen LogP contribution in [0.15, 0.2) is 28.9 Å². The Hall–Kier alpha value is -1.13. The average molecular weight is 294 g/mol. The maximum atomic E-state index is 5.53. The Labute approximate surface area is 110 Å². The van der Waals surface area contributed by atoms with Gasteiger partial charge >= 0.3 is 0 Å². The second-order valence-corrected chi connectivity index (χ2v) is 5.00. The first kappa shape index (κ1) is 12.3. The Morgan fingerprint density at radius 3 is 2.76 bits per heavy atom. The molecule has 0 fully saturated rings. The van der Waals surface area contributed by atoms with Crippen molar-refractivity contribution in [1.82, 2.24) is 9.78 Å². The number of rotatable bonds is 3. The highest BCUT2D eigenvalue weighted by atomic mass is 79.9. The molecule has 0 atom stereocenters. The predicted octanol–water partition coefficient (Wildman–Crippen LogP) is 2.89. The normalized spacial score (nSPS) is 10.8. The summed E-state index contributed by atoms with van der Waals surface area (Å²) in [5.74, 6) is 0. The Morgan fingerprint density at radius 1 is 1.35 bits per heavy atom. The standard InChI is InChI=1S/C13H16BrN3/c1-9-3-4-11(7-13(9)14)12-8-17(6-5-15)16-10(12)2/h3-4,7-8H,5-6,15H2,1-2H3. The molecule has 2 aromatic rings. The lowest BCUT2D eigenvalue weighted by atomic mass is 10.1. The Morgan fingerprint density at radius 2 is 2.12 bits per heavy atom. The van der Waals surface area contributed by atoms with Crippen molar-refractivity contribution in [2.45, 2.75) is 20.4 Å². The number of aryl methyl sites for hydroxylation is 2. The second-order valence-electron chi connectivity index (χ2n) is 4.14. The summed E-state index contributed by atoms with van der Waals surface area (Å²) in [4.78, 5) is 0. The smallest absolute Gasteiger partial charge is 0.0672 e. The third-order valence-electron chi connectivity index (χ3n) is 2.79. The van der Waals surface area contributed by atoms with Crippen LogP contribution in [0, 0.1) is 13.8 Å². The number of aromatic nitrogens is 2. The van der Waals surface area contributed by atoms with E-state index in [-0.39, 0.29) is 0 Å². The zero-order valence-corrected chi connectivity index (χ0v) is 11.7. The van der Waals surface area contributed by atoms with Gasteiger partial charge < -0.3 is 5.73 Å². The molecular weight excluding hydrogens is 278 g/mol. The summed E-state index contributed by atoms with van der Waals surface area (Å²) in [5.41, 5.74) is 10.2. The molecule has 1 aromatic carbocycles. The third kappa shape index (κ3) is 2.58. The molecular formula is C13H16BrN3. The molecule has 0 saturated heterocycles. The molecule has 2 N–H and O–H groups in total. The van der Waals surface area contributed by atoms with Crippen LogP contribution in [0.25, 0.3) is 11.1 Å². The largest absolute Gasteiger partial charge is 0.329 e. The van der Waals surface area contributed by atoms with Crippen LogP contribution in [0.4, 0.5) is 0 Å². The van der Waals surface area contributed by atoms with Gasteiger partial charge in [-0.3, -0.25) is 4.68 Å². The van der Waals surface area contributed by atoms with Gasteiger partial charge in [0, 0.05) is 22.8 Å². The zero-order chi connectivity index (χ0) is 12.4. The first-order valence-electron chi connectivity index (χ1n) is 5.62. The summed E-state index contributed by atoms with van der Waals surface area (Å²) in [6.45, 7) is 5.47. The summed E-state index contributed by atoms with van der Waals surface area (Å²) in [6, 6.07) is 6.36. The molecule has 0 saturated carbocycles. The van der Waals surface area contributed by atoms with Crippen molar-refractivity contribution >= 4 is 15.9 Å². The zero-order valence-electron chi connectivity index (χ0n) is 10.1. The van der Waals surface area contributed by atoms with E-state index in [1.54, 1.807) is 0 Å². The molecule has 0 spiro atoms. The van der Waals surface area contributed by atoms with Gasteiger partial charge in [0.1, 0.15) is 0 Å². The first-order valence-corrected chi connectivity index (χ1v) is 6.41. The van der Waals surface area contributed by atoms with E-state index >= 15 is 0 Å². The van der Waals surface area contributed by atoms with Crippen LogP contribution in [0.1, 0.15) is 11.3 Å². The van der Waals surface area contributed by atoms with Crippen molar-refractivity contribution < 1.29 is 0 Å². The van der Waals surface area contributed by atoms with Crippen molar-refractivity contribution in [1.29, 1.82) is 0 Å². The van der Waals surface area contributed by atoms with E-state index in [0.29, 0.717) is 6.54 Å². The minimum absolute atomic E-state index is 0.609. The van der Waals surface area contributed by atoms with Gasteiger partial charge in [-0.25, -0.2) is 0 Å². The van der Waals surface area contributed by atoms with Gasteiger partial charge in [-0.2, -0.15) is 5.10 Å². The fourth-order valence-corrected chi connectivity index (χ4v) is 2.19. The van der Waals surface area contributed by atoms with Crippen LogP contribution >= 0.6 is 15.9 Å². The fraction of sp³-hybridized carbons (Fsp3) is 0.308. The van der Waals surface area contributed by atoms with E-state index in [1.807, 2.05) is 11.6 Å². The molecule has 0 unspecified atom stereocenters. The Kier molecular flexibility index (Phi) is 3.64. The number of nitrogens with zero attached hydrogens (tertiary/aromatic N) is 2. The minimum Gasteiger partial charge on any atom is -0.329 e. The average Bonchev–Trinajstić information content (AvgIpc) is 2.64. The van der Waals surface area contributed by atoms with Gasteiger partial charge in [0.25, 0.3) is 0 Å². The monoisotopic (exact) mass is 293 g/mol. The van der Waals surface area contributed by atoms with E-state index in [9.17, 15) is 0 Å². The van der Waals surface area contributed by atoms with E-state index in [2.05, 4.69) is 52.3 Å². The summed E-state index contributed by atoms with van der Waals surface area (Å²) in [7, 11) is 0. The lowest BCUT2D eigenvalue weighted by Gasteiger charge is -2.02. The molecule has 0 radical (unpaired) electrons. The molecule has 0 aliphatic heterocycles. The summed E-state index contributed by atoms with van der Waals surface area (Å²) >= 11 is 3.56. The van der Waals surface area contributed by atoms with Gasteiger partial charge in [-0.05, 0) is 31.0 Å². The Balaban J connectivity index is 2.41. The molecule has 0 aliphatic rings. The summed E-state index contributed by atoms with van der Waals surface area (Å²) < 4.78 is 3.03. The number of halogens is 1. The van der Waals surface area contributed by atoms with Crippen molar-refractivity contribution in [2.75, 3.05) is 6.54 Å². The SMILES string of the molecule is Cc1ccc(-c2cn(CCN)nc2C)cc1Br. The van der Waals surface area contributed by atoms with E-state index in [1.165, 1.54) is 16.7 Å². The van der Waals surface area contributed by atoms with Gasteiger partial charge in [-0.15, -0.1) is 0 Å². The summed E-state index contributed by atoms with van der Waals surface area (Å²) in [5, 5.41) is 4.45. The Bertz CT molecular complexity index is 531. The third-order valence-corrected chi connectivity index (χ3v) is 3.64. The molecule has 0 bridgehead atoms. The molecule has 17 heavy (non-hydrogen) atoms. The van der Waals surface area contributed by atoms with Gasteiger partial charge in [0.2, 0.25) is 0 Å². The van der Waals surface area contributed by atoms with Gasteiger partial charge in [0.05, 0.1) is 12.2 Å². The highest BCUT2D eigenvalue weighted by Gasteiger charge is 2.08. The number of benzene rings is 1. The van der Waals surface area contributed by atoms with E-state index in [0.717, 1.165) is 16.7 Å². The van der Waals surface area contributed by atoms with Gasteiger partial charge in [0.15, 0.2) is 0 Å². The number of hydrogen-bond donors (Lipinski definition) is 1. The number of hydrogen-bond acceptors (Lipinski definition) is 2. The maximum absolute atomic E-state index is 5.53. The minimum atomic E-state index is 0.609. The van der Waals surface area contributed by atoms with Crippen molar-refractivity contribution in [2.24, 2.45) is 5.73 Å². The topological polar surface area (TPSA) is 43.8 Å². The van der Waals surface area contributed by atoms with Crippen LogP contribution in [0.5, 0.6) is 0 Å². The van der Waals surface area contributed by atoms with E-state index in [4.69, 9.17) is 5.73 Å². The molecule has 2 rings (SSSR count). The lowest BCUT2D eigenvalue weighted by molar-refractivity contribution is 0.620.